The third-order valence-corrected chi connectivity index (χ3v) is 7.81. The number of nitrogens with one attached hydrogen (secondary N) is 1. The Kier molecular flexibility index (Phi) is 7.76. The van der Waals surface area contributed by atoms with Crippen molar-refractivity contribution in [2.45, 2.75) is 43.6 Å². The Morgan fingerprint density at radius 1 is 1.21 bits per heavy atom. The van der Waals surface area contributed by atoms with Crippen LogP contribution >= 0.6 is 11.8 Å². The lowest BCUT2D eigenvalue weighted by atomic mass is 9.99. The number of nitrogens with zero attached hydrogens (tertiary/aromatic N) is 3. The molecule has 200 valence electrons. The summed E-state index contributed by atoms with van der Waals surface area (Å²) in [5.41, 5.74) is 4.14. The second kappa shape index (κ2) is 11.4. The molecule has 2 aromatic heterocycles. The van der Waals surface area contributed by atoms with Crippen LogP contribution in [0.2, 0.25) is 0 Å². The Morgan fingerprint density at radius 3 is 2.72 bits per heavy atom. The van der Waals surface area contributed by atoms with Gasteiger partial charge in [-0.2, -0.15) is 4.98 Å². The molecule has 0 bridgehead atoms. The van der Waals surface area contributed by atoms with E-state index in [1.807, 2.05) is 38.1 Å². The highest BCUT2D eigenvalue weighted by Gasteiger charge is 2.30. The number of fused-ring (bicyclic) bond motifs is 2. The number of rotatable bonds is 8. The van der Waals surface area contributed by atoms with E-state index >= 15 is 0 Å². The lowest BCUT2D eigenvalue weighted by molar-refractivity contribution is -0.115. The van der Waals surface area contributed by atoms with Crippen LogP contribution in [0, 0.1) is 12.7 Å². The number of carbonyl (C=O) groups is 1. The first-order chi connectivity index (χ1) is 18.9. The summed E-state index contributed by atoms with van der Waals surface area (Å²) in [7, 11) is 1.59. The van der Waals surface area contributed by atoms with Crippen molar-refractivity contribution in [3.8, 4) is 28.8 Å². The summed E-state index contributed by atoms with van der Waals surface area (Å²) >= 11 is 1.32. The molecule has 0 spiro atoms. The fourth-order valence-electron chi connectivity index (χ4n) is 4.30. The molecule has 5 rings (SSSR count). The van der Waals surface area contributed by atoms with E-state index < -0.39 is 5.25 Å². The number of carbonyl (C=O) groups excluding carboxylic acids is 1. The SMILES string of the molecule is CC[C@@H](Sc1nc(-c2cccc(OC)c2)nc2c1Cc1c(CO)cnc(C)c1O2)C(=O)Nc1ccc(F)cc1. The lowest BCUT2D eigenvalue weighted by Gasteiger charge is -2.25. The van der Waals surface area contributed by atoms with Gasteiger partial charge in [-0.05, 0) is 49.7 Å². The molecular weight excluding hydrogens is 519 g/mol. The number of ether oxygens (including phenoxy) is 2. The highest BCUT2D eigenvalue weighted by atomic mass is 32.2. The monoisotopic (exact) mass is 546 g/mol. The fraction of sp³-hybridized carbons (Fsp3) is 0.241. The Labute approximate surface area is 229 Å². The van der Waals surface area contributed by atoms with E-state index in [0.717, 1.165) is 16.7 Å². The predicted octanol–water partition coefficient (Wildman–Crippen LogP) is 5.69. The number of aliphatic hydroxyl groups excluding tert-OH is 1. The highest BCUT2D eigenvalue weighted by Crippen LogP contribution is 2.43. The number of aryl methyl sites for hydroxylation is 1. The number of anilines is 1. The highest BCUT2D eigenvalue weighted by molar-refractivity contribution is 8.00. The fourth-order valence-corrected chi connectivity index (χ4v) is 5.34. The number of hydrogen-bond acceptors (Lipinski definition) is 8. The maximum Gasteiger partial charge on any atom is 0.237 e. The third kappa shape index (κ3) is 5.57. The number of aromatic nitrogens is 3. The number of hydrogen-bond donors (Lipinski definition) is 2. The molecule has 4 aromatic rings. The summed E-state index contributed by atoms with van der Waals surface area (Å²) < 4.78 is 25.0. The van der Waals surface area contributed by atoms with E-state index in [2.05, 4.69) is 10.3 Å². The Morgan fingerprint density at radius 2 is 2.00 bits per heavy atom. The molecule has 8 nitrogen and oxygen atoms in total. The summed E-state index contributed by atoms with van der Waals surface area (Å²) in [5, 5.41) is 12.9. The number of halogens is 1. The van der Waals surface area contributed by atoms with Gasteiger partial charge in [-0.25, -0.2) is 9.37 Å². The third-order valence-electron chi connectivity index (χ3n) is 6.42. The minimum atomic E-state index is -0.495. The van der Waals surface area contributed by atoms with Crippen molar-refractivity contribution in [3.63, 3.8) is 0 Å². The molecular formula is C29H27FN4O4S. The number of amides is 1. The van der Waals surface area contributed by atoms with Gasteiger partial charge in [0.15, 0.2) is 11.6 Å². The molecule has 0 aliphatic carbocycles. The van der Waals surface area contributed by atoms with Gasteiger partial charge in [-0.1, -0.05) is 30.8 Å². The van der Waals surface area contributed by atoms with Crippen LogP contribution in [0.4, 0.5) is 10.1 Å². The molecule has 1 aliphatic rings. The van der Waals surface area contributed by atoms with Crippen molar-refractivity contribution < 1.29 is 23.8 Å². The van der Waals surface area contributed by atoms with Gasteiger partial charge >= 0.3 is 0 Å². The molecule has 0 unspecified atom stereocenters. The molecule has 0 saturated heterocycles. The molecule has 0 saturated carbocycles. The van der Waals surface area contributed by atoms with Crippen LogP contribution in [0.3, 0.4) is 0 Å². The number of benzene rings is 2. The van der Waals surface area contributed by atoms with Crippen LogP contribution in [0.1, 0.15) is 35.7 Å². The number of pyridine rings is 1. The van der Waals surface area contributed by atoms with Gasteiger partial charge in [0.2, 0.25) is 11.8 Å². The standard InChI is InChI=1S/C29H27FN4O4S/c1-4-24(27(36)32-20-10-8-19(30)9-11-20)39-29-23-13-22-18(15-35)14-31-16(2)25(22)38-28(23)33-26(34-29)17-6-5-7-21(12-17)37-3/h5-12,14,24,35H,4,13,15H2,1-3H3,(H,32,36)/t24-/m1/s1. The average Bonchev–Trinajstić information content (AvgIpc) is 2.96. The van der Waals surface area contributed by atoms with E-state index in [4.69, 9.17) is 19.4 Å². The van der Waals surface area contributed by atoms with Crippen LogP contribution in [0.25, 0.3) is 11.4 Å². The van der Waals surface area contributed by atoms with Crippen LogP contribution in [-0.2, 0) is 17.8 Å². The number of methoxy groups -OCH3 is 1. The smallest absolute Gasteiger partial charge is 0.237 e. The number of aliphatic hydroxyl groups is 1. The number of thioether (sulfide) groups is 1. The minimum Gasteiger partial charge on any atom is -0.497 e. The molecule has 1 atom stereocenters. The summed E-state index contributed by atoms with van der Waals surface area (Å²) in [5.74, 6) is 1.44. The van der Waals surface area contributed by atoms with Crippen molar-refractivity contribution in [2.75, 3.05) is 12.4 Å². The van der Waals surface area contributed by atoms with Crippen LogP contribution in [0.5, 0.6) is 17.4 Å². The molecule has 2 N–H and O–H groups in total. The maximum atomic E-state index is 13.3. The van der Waals surface area contributed by atoms with Crippen molar-refractivity contribution in [3.05, 3.63) is 82.9 Å². The molecule has 2 aromatic carbocycles. The second-order valence-electron chi connectivity index (χ2n) is 8.99. The summed E-state index contributed by atoms with van der Waals surface area (Å²) in [4.78, 5) is 27.2. The van der Waals surface area contributed by atoms with E-state index in [0.29, 0.717) is 58.0 Å². The molecule has 3 heterocycles. The van der Waals surface area contributed by atoms with Gasteiger partial charge in [0.25, 0.3) is 0 Å². The summed E-state index contributed by atoms with van der Waals surface area (Å²) in [6.07, 6.45) is 2.58. The Hall–Kier alpha value is -4.02. The van der Waals surface area contributed by atoms with Crippen LogP contribution in [-0.4, -0.2) is 38.3 Å². The lowest BCUT2D eigenvalue weighted by Crippen LogP contribution is -2.25. The molecule has 0 fully saturated rings. The average molecular weight is 547 g/mol. The van der Waals surface area contributed by atoms with Gasteiger partial charge in [0.05, 0.1) is 30.2 Å². The van der Waals surface area contributed by atoms with Crippen LogP contribution in [0.15, 0.2) is 59.8 Å². The van der Waals surface area contributed by atoms with Crippen LogP contribution < -0.4 is 14.8 Å². The topological polar surface area (TPSA) is 106 Å². The first kappa shape index (κ1) is 26.6. The first-order valence-electron chi connectivity index (χ1n) is 12.4. The van der Waals surface area contributed by atoms with E-state index in [9.17, 15) is 14.3 Å². The zero-order chi connectivity index (χ0) is 27.5. The van der Waals surface area contributed by atoms with Gasteiger partial charge in [0.1, 0.15) is 16.6 Å². The second-order valence-corrected chi connectivity index (χ2v) is 10.2. The van der Waals surface area contributed by atoms with Gasteiger partial charge in [-0.3, -0.25) is 9.78 Å². The van der Waals surface area contributed by atoms with Gasteiger partial charge in [0, 0.05) is 35.0 Å². The van der Waals surface area contributed by atoms with Gasteiger partial charge in [-0.15, -0.1) is 0 Å². The van der Waals surface area contributed by atoms with Crippen molar-refractivity contribution in [2.24, 2.45) is 0 Å². The molecule has 0 radical (unpaired) electrons. The zero-order valence-electron chi connectivity index (χ0n) is 21.7. The summed E-state index contributed by atoms with van der Waals surface area (Å²) in [6, 6.07) is 13.1. The molecule has 39 heavy (non-hydrogen) atoms. The van der Waals surface area contributed by atoms with Crippen molar-refractivity contribution in [1.29, 1.82) is 0 Å². The van der Waals surface area contributed by atoms with E-state index in [-0.39, 0.29) is 18.3 Å². The maximum absolute atomic E-state index is 13.3. The zero-order valence-corrected chi connectivity index (χ0v) is 22.5. The van der Waals surface area contributed by atoms with Crippen molar-refractivity contribution >= 4 is 23.4 Å². The first-order valence-corrected chi connectivity index (χ1v) is 13.3. The Balaban J connectivity index is 1.55. The minimum absolute atomic E-state index is 0.183. The quantitative estimate of drug-likeness (QED) is 0.189. The predicted molar refractivity (Wildman–Crippen MR) is 147 cm³/mol. The summed E-state index contributed by atoms with van der Waals surface area (Å²) in [6.45, 7) is 3.58. The van der Waals surface area contributed by atoms with E-state index in [1.165, 1.54) is 36.0 Å². The largest absolute Gasteiger partial charge is 0.497 e. The molecule has 1 amide bonds. The normalized spacial score (nSPS) is 12.6. The van der Waals surface area contributed by atoms with Gasteiger partial charge < -0.3 is 19.9 Å². The molecule has 1 aliphatic heterocycles. The molecule has 10 heteroatoms. The van der Waals surface area contributed by atoms with Crippen molar-refractivity contribution in [1.82, 2.24) is 15.0 Å². The van der Waals surface area contributed by atoms with E-state index in [1.54, 1.807) is 13.3 Å². The Bertz CT molecular complexity index is 1530.